The fraction of sp³-hybridized carbons (Fsp3) is 0.556. The molecule has 0 aliphatic rings. The lowest BCUT2D eigenvalue weighted by Crippen LogP contribution is -2.36. The topological polar surface area (TPSA) is 49.9 Å². The third-order valence-corrected chi connectivity index (χ3v) is 3.80. The van der Waals surface area contributed by atoms with Gasteiger partial charge in [0.25, 0.3) is 0 Å². The number of nitrogens with zero attached hydrogens (tertiary/aromatic N) is 2. The molecule has 0 fully saturated rings. The molecule has 0 unspecified atom stereocenters. The molecule has 0 atom stereocenters. The summed E-state index contributed by atoms with van der Waals surface area (Å²) >= 11 is 0. The molecule has 0 aliphatic heterocycles. The Morgan fingerprint density at radius 2 is 1.52 bits per heavy atom. The van der Waals surface area contributed by atoms with Gasteiger partial charge in [-0.25, -0.2) is 4.79 Å². The van der Waals surface area contributed by atoms with Crippen LogP contribution >= 0.6 is 0 Å². The minimum Gasteiger partial charge on any atom is -0.445 e. The highest BCUT2D eigenvalue weighted by atomic mass is 16.6. The third kappa shape index (κ3) is 6.30. The summed E-state index contributed by atoms with van der Waals surface area (Å²) in [4.78, 5) is 26.1. The number of amides is 2. The van der Waals surface area contributed by atoms with E-state index in [9.17, 15) is 9.59 Å². The monoisotopic (exact) mass is 320 g/mol. The van der Waals surface area contributed by atoms with Crippen molar-refractivity contribution in [3.05, 3.63) is 35.4 Å². The normalized spacial score (nSPS) is 11.0. The highest BCUT2D eigenvalue weighted by molar-refractivity contribution is 5.73. The molecule has 0 aromatic heterocycles. The van der Waals surface area contributed by atoms with E-state index in [0.717, 1.165) is 5.56 Å². The van der Waals surface area contributed by atoms with Crippen molar-refractivity contribution in [3.8, 4) is 0 Å². The fourth-order valence-electron chi connectivity index (χ4n) is 1.90. The Morgan fingerprint density at radius 1 is 1.00 bits per heavy atom. The van der Waals surface area contributed by atoms with Gasteiger partial charge in [0.15, 0.2) is 0 Å². The number of rotatable bonds is 5. The van der Waals surface area contributed by atoms with Crippen LogP contribution in [0.15, 0.2) is 24.3 Å². The molecule has 0 N–H and O–H groups in total. The first-order valence-corrected chi connectivity index (χ1v) is 7.80. The largest absolute Gasteiger partial charge is 0.445 e. The zero-order valence-electron chi connectivity index (χ0n) is 15.0. The number of benzene rings is 1. The molecule has 5 heteroatoms. The number of hydrogen-bond donors (Lipinski definition) is 0. The van der Waals surface area contributed by atoms with Crippen LogP contribution < -0.4 is 0 Å². The van der Waals surface area contributed by atoms with Crippen molar-refractivity contribution in [3.63, 3.8) is 0 Å². The first kappa shape index (κ1) is 19.0. The summed E-state index contributed by atoms with van der Waals surface area (Å²) in [6, 6.07) is 8.10. The van der Waals surface area contributed by atoms with Gasteiger partial charge in [0, 0.05) is 34.1 Å². The highest BCUT2D eigenvalue weighted by Crippen LogP contribution is 2.22. The molecule has 5 nitrogen and oxygen atoms in total. The van der Waals surface area contributed by atoms with Crippen LogP contribution in [-0.4, -0.2) is 49.0 Å². The van der Waals surface area contributed by atoms with Crippen LogP contribution in [0.25, 0.3) is 0 Å². The van der Waals surface area contributed by atoms with Gasteiger partial charge in [0.1, 0.15) is 6.61 Å². The third-order valence-electron chi connectivity index (χ3n) is 3.80. The summed E-state index contributed by atoms with van der Waals surface area (Å²) in [5.74, 6) is -0.0225. The standard InChI is InChI=1S/C18H28N2O3/c1-14(21)19(5)11-12-20(6)17(22)23-13-15-7-9-16(10-8-15)18(2,3)4/h7-10H,11-13H2,1-6H3. The average Bonchev–Trinajstić information content (AvgIpc) is 2.49. The van der Waals surface area contributed by atoms with Gasteiger partial charge in [-0.2, -0.15) is 0 Å². The Bertz CT molecular complexity index is 532. The molecular formula is C18H28N2O3. The van der Waals surface area contributed by atoms with Crippen molar-refractivity contribution in [1.29, 1.82) is 0 Å². The number of ether oxygens (including phenoxy) is 1. The maximum absolute atomic E-state index is 11.9. The summed E-state index contributed by atoms with van der Waals surface area (Å²) in [7, 11) is 3.37. The molecule has 0 radical (unpaired) electrons. The molecule has 23 heavy (non-hydrogen) atoms. The van der Waals surface area contributed by atoms with Gasteiger partial charge >= 0.3 is 6.09 Å². The van der Waals surface area contributed by atoms with Crippen LogP contribution in [0.3, 0.4) is 0 Å². The van der Waals surface area contributed by atoms with E-state index in [1.807, 2.05) is 12.1 Å². The Balaban J connectivity index is 2.45. The molecule has 0 bridgehead atoms. The zero-order valence-corrected chi connectivity index (χ0v) is 15.0. The molecule has 1 aromatic carbocycles. The van der Waals surface area contributed by atoms with Crippen LogP contribution in [0.4, 0.5) is 4.79 Å². The quantitative estimate of drug-likeness (QED) is 0.838. The van der Waals surface area contributed by atoms with Crippen molar-refractivity contribution in [1.82, 2.24) is 9.80 Å². The summed E-state index contributed by atoms with van der Waals surface area (Å²) in [6.45, 7) is 9.16. The second-order valence-electron chi connectivity index (χ2n) is 6.86. The van der Waals surface area contributed by atoms with Crippen molar-refractivity contribution in [2.45, 2.75) is 39.7 Å². The van der Waals surface area contributed by atoms with Crippen molar-refractivity contribution < 1.29 is 14.3 Å². The molecule has 128 valence electrons. The van der Waals surface area contributed by atoms with Crippen LogP contribution in [0, 0.1) is 0 Å². The van der Waals surface area contributed by atoms with Crippen LogP contribution in [0.5, 0.6) is 0 Å². The van der Waals surface area contributed by atoms with Crippen molar-refractivity contribution in [2.75, 3.05) is 27.2 Å². The Labute approximate surface area is 139 Å². The van der Waals surface area contributed by atoms with E-state index in [0.29, 0.717) is 13.1 Å². The lowest BCUT2D eigenvalue weighted by molar-refractivity contribution is -0.127. The summed E-state index contributed by atoms with van der Waals surface area (Å²) < 4.78 is 5.29. The second-order valence-corrected chi connectivity index (χ2v) is 6.86. The smallest absolute Gasteiger partial charge is 0.409 e. The van der Waals surface area contributed by atoms with Gasteiger partial charge < -0.3 is 14.5 Å². The van der Waals surface area contributed by atoms with Crippen LogP contribution in [0.1, 0.15) is 38.8 Å². The highest BCUT2D eigenvalue weighted by Gasteiger charge is 2.14. The molecule has 0 heterocycles. The minimum atomic E-state index is -0.387. The van der Waals surface area contributed by atoms with E-state index < -0.39 is 0 Å². The van der Waals surface area contributed by atoms with Gasteiger partial charge in [-0.05, 0) is 16.5 Å². The predicted octanol–water partition coefficient (Wildman–Crippen LogP) is 3.03. The first-order valence-electron chi connectivity index (χ1n) is 7.80. The summed E-state index contributed by atoms with van der Waals surface area (Å²) in [5.41, 5.74) is 2.32. The molecule has 1 rings (SSSR count). The molecule has 2 amide bonds. The Morgan fingerprint density at radius 3 is 2.00 bits per heavy atom. The Kier molecular flexibility index (Phi) is 6.61. The van der Waals surface area contributed by atoms with Gasteiger partial charge in [0.2, 0.25) is 5.91 Å². The Hall–Kier alpha value is -2.04. The molecule has 0 aliphatic carbocycles. The molecule has 0 saturated heterocycles. The molecule has 0 saturated carbocycles. The van der Waals surface area contributed by atoms with Crippen molar-refractivity contribution in [2.24, 2.45) is 0 Å². The zero-order chi connectivity index (χ0) is 17.6. The maximum Gasteiger partial charge on any atom is 0.409 e. The van der Waals surface area contributed by atoms with E-state index in [1.54, 1.807) is 19.0 Å². The van der Waals surface area contributed by atoms with E-state index in [-0.39, 0.29) is 24.0 Å². The maximum atomic E-state index is 11.9. The molecule has 1 aromatic rings. The number of carbonyl (C=O) groups excluding carboxylic acids is 2. The van der Waals surface area contributed by atoms with Crippen LogP contribution in [0.2, 0.25) is 0 Å². The SMILES string of the molecule is CC(=O)N(C)CCN(C)C(=O)OCc1ccc(C(C)(C)C)cc1. The molecular weight excluding hydrogens is 292 g/mol. The summed E-state index contributed by atoms with van der Waals surface area (Å²) in [6.07, 6.45) is -0.387. The predicted molar refractivity (Wildman–Crippen MR) is 91.3 cm³/mol. The first-order chi connectivity index (χ1) is 10.6. The number of carbonyl (C=O) groups is 2. The van der Waals surface area contributed by atoms with Gasteiger partial charge in [-0.3, -0.25) is 4.79 Å². The second kappa shape index (κ2) is 7.99. The fourth-order valence-corrected chi connectivity index (χ4v) is 1.90. The van der Waals surface area contributed by atoms with E-state index in [2.05, 4.69) is 32.9 Å². The van der Waals surface area contributed by atoms with E-state index >= 15 is 0 Å². The number of hydrogen-bond acceptors (Lipinski definition) is 3. The van der Waals surface area contributed by atoms with Crippen molar-refractivity contribution >= 4 is 12.0 Å². The minimum absolute atomic E-state index is 0.0225. The lowest BCUT2D eigenvalue weighted by atomic mass is 9.87. The summed E-state index contributed by atoms with van der Waals surface area (Å²) in [5, 5.41) is 0. The van der Waals surface area contributed by atoms with Gasteiger partial charge in [-0.15, -0.1) is 0 Å². The average molecular weight is 320 g/mol. The number of likely N-dealkylation sites (N-methyl/N-ethyl adjacent to an activating group) is 2. The van der Waals surface area contributed by atoms with Gasteiger partial charge in [0.05, 0.1) is 0 Å². The van der Waals surface area contributed by atoms with E-state index in [4.69, 9.17) is 4.74 Å². The lowest BCUT2D eigenvalue weighted by Gasteiger charge is -2.21. The molecule has 0 spiro atoms. The van der Waals surface area contributed by atoms with E-state index in [1.165, 1.54) is 17.4 Å². The van der Waals surface area contributed by atoms with Crippen LogP contribution in [-0.2, 0) is 21.6 Å². The van der Waals surface area contributed by atoms with Gasteiger partial charge in [-0.1, -0.05) is 45.0 Å².